The summed E-state index contributed by atoms with van der Waals surface area (Å²) in [6.07, 6.45) is 0.676. The molecule has 0 bridgehead atoms. The molecule has 0 aromatic carbocycles. The molecule has 1 aliphatic heterocycles. The van der Waals surface area contributed by atoms with Crippen LogP contribution in [0.1, 0.15) is 6.42 Å². The Morgan fingerprint density at radius 1 is 1.70 bits per heavy atom. The Kier molecular flexibility index (Phi) is 2.11. The van der Waals surface area contributed by atoms with E-state index in [4.69, 9.17) is 5.26 Å². The zero-order valence-corrected chi connectivity index (χ0v) is 5.54. The molecule has 0 atom stereocenters. The number of amides is 1. The third-order valence-corrected chi connectivity index (χ3v) is 1.37. The predicted molar refractivity (Wildman–Crippen MR) is 33.2 cm³/mol. The van der Waals surface area contributed by atoms with Gasteiger partial charge in [0, 0.05) is 13.1 Å². The quantitative estimate of drug-likeness (QED) is 0.528. The first-order valence-corrected chi connectivity index (χ1v) is 3.13. The van der Waals surface area contributed by atoms with Gasteiger partial charge in [-0.25, -0.2) is 4.79 Å². The largest absolute Gasteiger partial charge is 0.434 e. The maximum Gasteiger partial charge on any atom is 0.410 e. The fourth-order valence-corrected chi connectivity index (χ4v) is 0.684. The number of ether oxygens (including phenoxy) is 1. The summed E-state index contributed by atoms with van der Waals surface area (Å²) < 4.78 is 4.52. The maximum absolute atomic E-state index is 10.7. The number of carbonyl (C=O) groups is 1. The molecule has 0 radical (unpaired) electrons. The molecular formula is C6H8N2O2. The second-order valence-corrected chi connectivity index (χ2v) is 2.05. The van der Waals surface area contributed by atoms with Crippen LogP contribution in [-0.2, 0) is 4.74 Å². The lowest BCUT2D eigenvalue weighted by molar-refractivity contribution is 0.0904. The van der Waals surface area contributed by atoms with Crippen molar-refractivity contribution in [2.24, 2.45) is 0 Å². The molecule has 1 amide bonds. The Hall–Kier alpha value is -1.24. The summed E-state index contributed by atoms with van der Waals surface area (Å²) in [7, 11) is 0. The van der Waals surface area contributed by atoms with E-state index in [9.17, 15) is 4.79 Å². The molecular weight excluding hydrogens is 132 g/mol. The van der Waals surface area contributed by atoms with E-state index in [2.05, 4.69) is 4.74 Å². The molecule has 1 fully saturated rings. The van der Waals surface area contributed by atoms with Crippen LogP contribution in [0.25, 0.3) is 0 Å². The van der Waals surface area contributed by atoms with E-state index in [1.54, 1.807) is 11.0 Å². The third kappa shape index (κ3) is 1.38. The van der Waals surface area contributed by atoms with Gasteiger partial charge in [-0.05, 0) is 6.42 Å². The number of likely N-dealkylation sites (tertiary alicyclic amines) is 1. The predicted octanol–water partition coefficient (Wildman–Crippen LogP) is 0.352. The van der Waals surface area contributed by atoms with Gasteiger partial charge in [0.05, 0.1) is 0 Å². The summed E-state index contributed by atoms with van der Waals surface area (Å²) in [4.78, 5) is 12.3. The molecule has 0 spiro atoms. The van der Waals surface area contributed by atoms with E-state index in [0.717, 1.165) is 19.5 Å². The number of nitrogens with zero attached hydrogens (tertiary/aromatic N) is 2. The smallest absolute Gasteiger partial charge is 0.410 e. The lowest BCUT2D eigenvalue weighted by Crippen LogP contribution is -2.42. The average molecular weight is 140 g/mol. The highest BCUT2D eigenvalue weighted by atomic mass is 16.6. The molecule has 1 rings (SSSR count). The van der Waals surface area contributed by atoms with Crippen molar-refractivity contribution < 1.29 is 9.53 Å². The van der Waals surface area contributed by atoms with Crippen molar-refractivity contribution in [3.05, 3.63) is 0 Å². The first-order valence-electron chi connectivity index (χ1n) is 3.13. The minimum absolute atomic E-state index is 0.144. The summed E-state index contributed by atoms with van der Waals surface area (Å²) in [5, 5.41) is 8.04. The number of nitriles is 1. The lowest BCUT2D eigenvalue weighted by atomic mass is 10.2. The Morgan fingerprint density at radius 2 is 2.40 bits per heavy atom. The summed E-state index contributed by atoms with van der Waals surface area (Å²) in [5.41, 5.74) is 0. The minimum Gasteiger partial charge on any atom is -0.434 e. The van der Waals surface area contributed by atoms with Crippen LogP contribution in [0.2, 0.25) is 0 Å². The van der Waals surface area contributed by atoms with Crippen LogP contribution in [0.4, 0.5) is 4.79 Å². The van der Waals surface area contributed by atoms with Gasteiger partial charge >= 0.3 is 6.09 Å². The van der Waals surface area contributed by atoms with Crippen molar-refractivity contribution in [3.63, 3.8) is 0 Å². The van der Waals surface area contributed by atoms with E-state index in [-0.39, 0.29) is 12.7 Å². The Labute approximate surface area is 59.0 Å². The van der Waals surface area contributed by atoms with Crippen LogP contribution in [0.15, 0.2) is 0 Å². The topological polar surface area (TPSA) is 53.3 Å². The van der Waals surface area contributed by atoms with Crippen LogP contribution in [0.5, 0.6) is 0 Å². The van der Waals surface area contributed by atoms with Gasteiger partial charge in [0.15, 0.2) is 6.61 Å². The van der Waals surface area contributed by atoms with E-state index < -0.39 is 0 Å². The van der Waals surface area contributed by atoms with E-state index in [0.29, 0.717) is 0 Å². The number of hydrogen-bond acceptors (Lipinski definition) is 3. The molecule has 1 aliphatic rings. The molecule has 0 aromatic rings. The molecule has 1 heterocycles. The monoisotopic (exact) mass is 140 g/mol. The maximum atomic E-state index is 10.7. The molecule has 10 heavy (non-hydrogen) atoms. The highest BCUT2D eigenvalue weighted by molar-refractivity contribution is 5.68. The van der Waals surface area contributed by atoms with Crippen LogP contribution in [-0.4, -0.2) is 30.7 Å². The molecule has 4 nitrogen and oxygen atoms in total. The van der Waals surface area contributed by atoms with E-state index in [1.807, 2.05) is 0 Å². The van der Waals surface area contributed by atoms with Crippen molar-refractivity contribution >= 4 is 6.09 Å². The Morgan fingerprint density at radius 3 is 2.80 bits per heavy atom. The zero-order chi connectivity index (χ0) is 7.40. The van der Waals surface area contributed by atoms with Gasteiger partial charge in [0.2, 0.25) is 0 Å². The Bertz CT molecular complexity index is 169. The molecule has 1 saturated heterocycles. The number of carbonyl (C=O) groups excluding carboxylic acids is 1. The van der Waals surface area contributed by atoms with Crippen molar-refractivity contribution in [2.45, 2.75) is 6.42 Å². The second kappa shape index (κ2) is 3.06. The van der Waals surface area contributed by atoms with Crippen LogP contribution >= 0.6 is 0 Å². The fraction of sp³-hybridized carbons (Fsp3) is 0.667. The van der Waals surface area contributed by atoms with Gasteiger partial charge in [0.1, 0.15) is 6.07 Å². The molecule has 54 valence electrons. The first-order chi connectivity index (χ1) is 4.84. The average Bonchev–Trinajstić information content (AvgIpc) is 1.79. The van der Waals surface area contributed by atoms with E-state index >= 15 is 0 Å². The van der Waals surface area contributed by atoms with Gasteiger partial charge in [-0.2, -0.15) is 5.26 Å². The summed E-state index contributed by atoms with van der Waals surface area (Å²) >= 11 is 0. The van der Waals surface area contributed by atoms with Crippen molar-refractivity contribution in [3.8, 4) is 6.07 Å². The van der Waals surface area contributed by atoms with Crippen molar-refractivity contribution in [1.82, 2.24) is 4.90 Å². The van der Waals surface area contributed by atoms with Crippen LogP contribution in [0.3, 0.4) is 0 Å². The summed E-state index contributed by atoms with van der Waals surface area (Å²) in [6.45, 7) is 1.39. The molecule has 0 N–H and O–H groups in total. The SMILES string of the molecule is N#CCOC(=O)N1CCC1. The normalized spacial score (nSPS) is 15.3. The third-order valence-electron chi connectivity index (χ3n) is 1.37. The van der Waals surface area contributed by atoms with Gasteiger partial charge in [-0.15, -0.1) is 0 Å². The summed E-state index contributed by atoms with van der Waals surface area (Å²) in [5.74, 6) is 0. The van der Waals surface area contributed by atoms with Gasteiger partial charge < -0.3 is 9.64 Å². The highest BCUT2D eigenvalue weighted by Crippen LogP contribution is 2.06. The summed E-state index contributed by atoms with van der Waals surface area (Å²) in [6, 6.07) is 1.73. The molecule has 0 aromatic heterocycles. The zero-order valence-electron chi connectivity index (χ0n) is 5.54. The molecule has 0 aliphatic carbocycles. The van der Waals surface area contributed by atoms with Crippen molar-refractivity contribution in [1.29, 1.82) is 5.26 Å². The molecule has 0 unspecified atom stereocenters. The second-order valence-electron chi connectivity index (χ2n) is 2.05. The number of rotatable bonds is 1. The standard InChI is InChI=1S/C6H8N2O2/c7-2-5-10-6(9)8-3-1-4-8/h1,3-5H2. The van der Waals surface area contributed by atoms with E-state index in [1.165, 1.54) is 0 Å². The van der Waals surface area contributed by atoms with Gasteiger partial charge in [0.25, 0.3) is 0 Å². The fourth-order valence-electron chi connectivity index (χ4n) is 0.684. The lowest BCUT2D eigenvalue weighted by Gasteiger charge is -2.29. The van der Waals surface area contributed by atoms with Crippen LogP contribution < -0.4 is 0 Å². The molecule has 4 heteroatoms. The van der Waals surface area contributed by atoms with Gasteiger partial charge in [-0.3, -0.25) is 0 Å². The van der Waals surface area contributed by atoms with Crippen molar-refractivity contribution in [2.75, 3.05) is 19.7 Å². The number of hydrogen-bond donors (Lipinski definition) is 0. The van der Waals surface area contributed by atoms with Gasteiger partial charge in [-0.1, -0.05) is 0 Å². The van der Waals surface area contributed by atoms with Crippen LogP contribution in [0, 0.1) is 11.3 Å². The molecule has 0 saturated carbocycles. The highest BCUT2D eigenvalue weighted by Gasteiger charge is 2.20. The first kappa shape index (κ1) is 6.87. The minimum atomic E-state index is -0.368. The Balaban J connectivity index is 2.15.